The second kappa shape index (κ2) is 5.04. The van der Waals surface area contributed by atoms with E-state index in [0.29, 0.717) is 17.9 Å². The lowest BCUT2D eigenvalue weighted by atomic mass is 10.3. The van der Waals surface area contributed by atoms with Gasteiger partial charge in [-0.05, 0) is 15.9 Å². The lowest BCUT2D eigenvalue weighted by Gasteiger charge is -1.99. The summed E-state index contributed by atoms with van der Waals surface area (Å²) < 4.78 is 4.05. The Morgan fingerprint density at radius 3 is 3.00 bits per heavy atom. The average molecular weight is 335 g/mol. The first-order valence-corrected chi connectivity index (χ1v) is 6.68. The second-order valence-electron chi connectivity index (χ2n) is 4.31. The van der Waals surface area contributed by atoms with Gasteiger partial charge in [0.1, 0.15) is 0 Å². The zero-order chi connectivity index (χ0) is 14.1. The normalized spacial score (nSPS) is 10.9. The fraction of sp³-hybridized carbons (Fsp3) is 0.167. The summed E-state index contributed by atoms with van der Waals surface area (Å²) in [6, 6.07) is 1.64. The van der Waals surface area contributed by atoms with Crippen LogP contribution in [0.15, 0.2) is 35.3 Å². The van der Waals surface area contributed by atoms with Crippen LogP contribution in [0.1, 0.15) is 16.1 Å². The molecule has 0 fully saturated rings. The maximum atomic E-state index is 12.0. The third kappa shape index (κ3) is 2.55. The average Bonchev–Trinajstić information content (AvgIpc) is 3.01. The SMILES string of the molecule is Cn1cc(CNC(=O)c2cc3ncc(Br)cn3n2)cn1. The molecule has 0 unspecified atom stereocenters. The summed E-state index contributed by atoms with van der Waals surface area (Å²) in [4.78, 5) is 16.2. The van der Waals surface area contributed by atoms with E-state index in [4.69, 9.17) is 0 Å². The number of hydrogen-bond donors (Lipinski definition) is 1. The van der Waals surface area contributed by atoms with Gasteiger partial charge in [-0.3, -0.25) is 9.48 Å². The molecule has 0 aliphatic heterocycles. The highest BCUT2D eigenvalue weighted by Crippen LogP contribution is 2.10. The van der Waals surface area contributed by atoms with Crippen molar-refractivity contribution in [2.45, 2.75) is 6.54 Å². The number of carbonyl (C=O) groups excluding carboxylic acids is 1. The molecule has 0 aliphatic rings. The number of halogens is 1. The number of nitrogens with zero attached hydrogens (tertiary/aromatic N) is 5. The van der Waals surface area contributed by atoms with E-state index in [1.165, 1.54) is 0 Å². The molecular formula is C12H11BrN6O. The molecule has 0 radical (unpaired) electrons. The summed E-state index contributed by atoms with van der Waals surface area (Å²) in [5.41, 5.74) is 1.89. The first-order chi connectivity index (χ1) is 9.61. The second-order valence-corrected chi connectivity index (χ2v) is 5.23. The Kier molecular flexibility index (Phi) is 3.23. The van der Waals surface area contributed by atoms with Gasteiger partial charge < -0.3 is 5.32 Å². The summed E-state index contributed by atoms with van der Waals surface area (Å²) in [6.07, 6.45) is 6.97. The zero-order valence-corrected chi connectivity index (χ0v) is 12.2. The number of carbonyl (C=O) groups is 1. The molecule has 0 saturated heterocycles. The summed E-state index contributed by atoms with van der Waals surface area (Å²) >= 11 is 3.31. The molecule has 0 aliphatic carbocycles. The summed E-state index contributed by atoms with van der Waals surface area (Å²) in [7, 11) is 1.83. The minimum Gasteiger partial charge on any atom is -0.346 e. The predicted octanol–water partition coefficient (Wildman–Crippen LogP) is 1.16. The van der Waals surface area contributed by atoms with Crippen molar-refractivity contribution in [1.82, 2.24) is 29.7 Å². The summed E-state index contributed by atoms with van der Waals surface area (Å²) in [5.74, 6) is -0.240. The molecule has 3 aromatic rings. The number of rotatable bonds is 3. The minimum atomic E-state index is -0.240. The Hall–Kier alpha value is -2.22. The van der Waals surface area contributed by atoms with Gasteiger partial charge in [0.2, 0.25) is 0 Å². The van der Waals surface area contributed by atoms with E-state index >= 15 is 0 Å². The Bertz CT molecular complexity index is 777. The van der Waals surface area contributed by atoms with Gasteiger partial charge in [-0.15, -0.1) is 0 Å². The number of aryl methyl sites for hydroxylation is 1. The van der Waals surface area contributed by atoms with E-state index in [0.717, 1.165) is 10.0 Å². The van der Waals surface area contributed by atoms with Gasteiger partial charge >= 0.3 is 0 Å². The van der Waals surface area contributed by atoms with E-state index in [-0.39, 0.29) is 5.91 Å². The van der Waals surface area contributed by atoms with E-state index in [1.807, 2.05) is 13.2 Å². The predicted molar refractivity (Wildman–Crippen MR) is 75.1 cm³/mol. The highest BCUT2D eigenvalue weighted by atomic mass is 79.9. The molecule has 1 amide bonds. The largest absolute Gasteiger partial charge is 0.346 e. The van der Waals surface area contributed by atoms with Gasteiger partial charge in [-0.2, -0.15) is 10.2 Å². The van der Waals surface area contributed by atoms with Crippen LogP contribution in [-0.2, 0) is 13.6 Å². The molecule has 0 bridgehead atoms. The van der Waals surface area contributed by atoms with Crippen LogP contribution in [0.2, 0.25) is 0 Å². The summed E-state index contributed by atoms with van der Waals surface area (Å²) in [5, 5.41) is 11.0. The van der Waals surface area contributed by atoms with Crippen molar-refractivity contribution in [3.8, 4) is 0 Å². The van der Waals surface area contributed by atoms with Crippen molar-refractivity contribution >= 4 is 27.5 Å². The highest BCUT2D eigenvalue weighted by molar-refractivity contribution is 9.10. The maximum absolute atomic E-state index is 12.0. The summed E-state index contributed by atoms with van der Waals surface area (Å²) in [6.45, 7) is 0.414. The van der Waals surface area contributed by atoms with Crippen LogP contribution in [0.4, 0.5) is 0 Å². The molecular weight excluding hydrogens is 324 g/mol. The van der Waals surface area contributed by atoms with Crippen LogP contribution in [-0.4, -0.2) is 30.3 Å². The molecule has 7 nitrogen and oxygen atoms in total. The monoisotopic (exact) mass is 334 g/mol. The minimum absolute atomic E-state index is 0.240. The van der Waals surface area contributed by atoms with Crippen LogP contribution in [0.5, 0.6) is 0 Å². The number of amides is 1. The Morgan fingerprint density at radius 1 is 1.40 bits per heavy atom. The molecule has 102 valence electrons. The Balaban J connectivity index is 1.75. The van der Waals surface area contributed by atoms with E-state index in [9.17, 15) is 4.79 Å². The van der Waals surface area contributed by atoms with Gasteiger partial charge in [0.05, 0.1) is 10.7 Å². The van der Waals surface area contributed by atoms with E-state index in [1.54, 1.807) is 33.9 Å². The number of fused-ring (bicyclic) bond motifs is 1. The molecule has 20 heavy (non-hydrogen) atoms. The molecule has 8 heteroatoms. The smallest absolute Gasteiger partial charge is 0.272 e. The number of hydrogen-bond acceptors (Lipinski definition) is 4. The van der Waals surface area contributed by atoms with Crippen LogP contribution >= 0.6 is 15.9 Å². The topological polar surface area (TPSA) is 77.1 Å². The van der Waals surface area contributed by atoms with E-state index in [2.05, 4.69) is 36.4 Å². The lowest BCUT2D eigenvalue weighted by molar-refractivity contribution is 0.0945. The van der Waals surface area contributed by atoms with Crippen molar-refractivity contribution in [1.29, 1.82) is 0 Å². The fourth-order valence-electron chi connectivity index (χ4n) is 1.80. The van der Waals surface area contributed by atoms with Crippen molar-refractivity contribution in [2.75, 3.05) is 0 Å². The van der Waals surface area contributed by atoms with Crippen LogP contribution < -0.4 is 5.32 Å². The van der Waals surface area contributed by atoms with Crippen molar-refractivity contribution in [3.05, 3.63) is 46.6 Å². The molecule has 0 saturated carbocycles. The first-order valence-electron chi connectivity index (χ1n) is 5.88. The van der Waals surface area contributed by atoms with Crippen molar-refractivity contribution < 1.29 is 4.79 Å². The van der Waals surface area contributed by atoms with Crippen LogP contribution in [0.3, 0.4) is 0 Å². The van der Waals surface area contributed by atoms with Gasteiger partial charge in [0.25, 0.3) is 5.91 Å². The molecule has 3 aromatic heterocycles. The first kappa shape index (κ1) is 12.8. The lowest BCUT2D eigenvalue weighted by Crippen LogP contribution is -2.23. The molecule has 0 spiro atoms. The quantitative estimate of drug-likeness (QED) is 0.779. The van der Waals surface area contributed by atoms with E-state index < -0.39 is 0 Å². The molecule has 0 aromatic carbocycles. The molecule has 3 rings (SSSR count). The Morgan fingerprint density at radius 2 is 2.25 bits per heavy atom. The Labute approximate surface area is 122 Å². The van der Waals surface area contributed by atoms with Crippen molar-refractivity contribution in [2.24, 2.45) is 7.05 Å². The molecule has 3 heterocycles. The van der Waals surface area contributed by atoms with Crippen LogP contribution in [0.25, 0.3) is 5.65 Å². The number of aromatic nitrogens is 5. The van der Waals surface area contributed by atoms with Crippen LogP contribution in [0, 0.1) is 0 Å². The van der Waals surface area contributed by atoms with Gasteiger partial charge in [0, 0.05) is 43.8 Å². The molecule has 0 atom stereocenters. The molecule has 1 N–H and O–H groups in total. The zero-order valence-electron chi connectivity index (χ0n) is 10.6. The van der Waals surface area contributed by atoms with Gasteiger partial charge in [-0.1, -0.05) is 0 Å². The standard InChI is InChI=1S/C12H11BrN6O/c1-18-6-8(4-16-18)3-15-12(20)10-2-11-14-5-9(13)7-19(11)17-10/h2,4-7H,3H2,1H3,(H,15,20). The van der Waals surface area contributed by atoms with Gasteiger partial charge in [-0.25, -0.2) is 9.50 Å². The number of nitrogens with one attached hydrogen (secondary N) is 1. The highest BCUT2D eigenvalue weighted by Gasteiger charge is 2.11. The van der Waals surface area contributed by atoms with Crippen molar-refractivity contribution in [3.63, 3.8) is 0 Å². The third-order valence-electron chi connectivity index (χ3n) is 2.73. The van der Waals surface area contributed by atoms with Gasteiger partial charge in [0.15, 0.2) is 11.3 Å². The third-order valence-corrected chi connectivity index (χ3v) is 3.14. The fourth-order valence-corrected chi connectivity index (χ4v) is 2.10. The maximum Gasteiger partial charge on any atom is 0.272 e.